The molecule has 5 heteroatoms. The van der Waals surface area contributed by atoms with Crippen LogP contribution in [0.15, 0.2) is 52.5 Å². The highest BCUT2D eigenvalue weighted by Crippen LogP contribution is 2.27. The summed E-state index contributed by atoms with van der Waals surface area (Å²) in [5, 5.41) is 7.56. The fourth-order valence-electron chi connectivity index (χ4n) is 2.84. The molecule has 2 aromatic heterocycles. The van der Waals surface area contributed by atoms with Gasteiger partial charge in [-0.3, -0.25) is 4.90 Å². The molecule has 0 saturated carbocycles. The first-order chi connectivity index (χ1) is 11.4. The van der Waals surface area contributed by atoms with Crippen LogP contribution in [0.4, 0.5) is 0 Å². The van der Waals surface area contributed by atoms with E-state index in [-0.39, 0.29) is 6.10 Å². The number of nitrogens with zero attached hydrogens (tertiary/aromatic N) is 2. The fourth-order valence-corrected chi connectivity index (χ4v) is 4.37. The number of morpholine rings is 1. The number of thiazole rings is 1. The topological polar surface area (TPSA) is 25.4 Å². The van der Waals surface area contributed by atoms with Crippen LogP contribution in [-0.2, 0) is 11.3 Å². The van der Waals surface area contributed by atoms with E-state index in [0.717, 1.165) is 36.9 Å². The summed E-state index contributed by atoms with van der Waals surface area (Å²) < 4.78 is 5.94. The number of rotatable bonds is 4. The Morgan fingerprint density at radius 3 is 2.91 bits per heavy atom. The van der Waals surface area contributed by atoms with E-state index >= 15 is 0 Å². The standard InChI is InChI=1S/C18H18N2OS2/c1-2-4-14(5-3-1)17-11-20(7-8-21-17)10-16-13-23-18(19-16)15-6-9-22-12-15/h1-6,9,12-13,17H,7-8,10-11H2. The molecule has 1 fully saturated rings. The van der Waals surface area contributed by atoms with Gasteiger partial charge in [-0.15, -0.1) is 11.3 Å². The first-order valence-corrected chi connectivity index (χ1v) is 9.56. The van der Waals surface area contributed by atoms with Gasteiger partial charge in [-0.05, 0) is 17.0 Å². The van der Waals surface area contributed by atoms with E-state index in [4.69, 9.17) is 9.72 Å². The van der Waals surface area contributed by atoms with Gasteiger partial charge in [-0.1, -0.05) is 30.3 Å². The fraction of sp³-hybridized carbons (Fsp3) is 0.278. The second-order valence-corrected chi connectivity index (χ2v) is 7.30. The van der Waals surface area contributed by atoms with Crippen LogP contribution in [0.3, 0.4) is 0 Å². The van der Waals surface area contributed by atoms with Gasteiger partial charge in [0.25, 0.3) is 0 Å². The molecule has 23 heavy (non-hydrogen) atoms. The third kappa shape index (κ3) is 3.53. The van der Waals surface area contributed by atoms with E-state index in [1.54, 1.807) is 22.7 Å². The summed E-state index contributed by atoms with van der Waals surface area (Å²) in [6.45, 7) is 3.57. The van der Waals surface area contributed by atoms with Gasteiger partial charge in [-0.2, -0.15) is 11.3 Å². The first-order valence-electron chi connectivity index (χ1n) is 7.74. The number of benzene rings is 1. The van der Waals surface area contributed by atoms with E-state index in [9.17, 15) is 0 Å². The zero-order valence-electron chi connectivity index (χ0n) is 12.7. The molecule has 1 aromatic carbocycles. The quantitative estimate of drug-likeness (QED) is 0.701. The SMILES string of the molecule is c1ccc(C2CN(Cc3csc(-c4ccsc4)n3)CCO2)cc1. The van der Waals surface area contributed by atoms with E-state index in [1.807, 2.05) is 6.07 Å². The van der Waals surface area contributed by atoms with Crippen LogP contribution in [0.1, 0.15) is 17.4 Å². The van der Waals surface area contributed by atoms with Crippen LogP contribution in [0, 0.1) is 0 Å². The van der Waals surface area contributed by atoms with Gasteiger partial charge in [0.2, 0.25) is 0 Å². The summed E-state index contributed by atoms with van der Waals surface area (Å²) >= 11 is 3.45. The third-order valence-corrected chi connectivity index (χ3v) is 5.65. The minimum absolute atomic E-state index is 0.167. The Balaban J connectivity index is 1.43. The third-order valence-electron chi connectivity index (χ3n) is 4.03. The molecule has 0 radical (unpaired) electrons. The Bertz CT molecular complexity index is 739. The van der Waals surface area contributed by atoms with Crippen LogP contribution >= 0.6 is 22.7 Å². The molecule has 1 unspecified atom stereocenters. The average Bonchev–Trinajstić information content (AvgIpc) is 3.27. The van der Waals surface area contributed by atoms with Crippen LogP contribution in [0.25, 0.3) is 10.6 Å². The summed E-state index contributed by atoms with van der Waals surface area (Å²) in [6, 6.07) is 12.6. The van der Waals surface area contributed by atoms with Crippen molar-refractivity contribution >= 4 is 22.7 Å². The molecule has 4 rings (SSSR count). The van der Waals surface area contributed by atoms with Crippen molar-refractivity contribution in [3.63, 3.8) is 0 Å². The Hall–Kier alpha value is -1.53. The lowest BCUT2D eigenvalue weighted by Crippen LogP contribution is -2.37. The van der Waals surface area contributed by atoms with Crippen LogP contribution in [0.2, 0.25) is 0 Å². The minimum atomic E-state index is 0.167. The van der Waals surface area contributed by atoms with Crippen molar-refractivity contribution < 1.29 is 4.74 Å². The highest BCUT2D eigenvalue weighted by molar-refractivity contribution is 7.14. The Kier molecular flexibility index (Phi) is 4.52. The van der Waals surface area contributed by atoms with Crippen molar-refractivity contribution in [3.8, 4) is 10.6 Å². The molecule has 1 saturated heterocycles. The molecule has 118 valence electrons. The van der Waals surface area contributed by atoms with E-state index < -0.39 is 0 Å². The predicted octanol–water partition coefficient (Wildman–Crippen LogP) is 4.45. The molecule has 3 heterocycles. The van der Waals surface area contributed by atoms with Crippen molar-refractivity contribution in [3.05, 3.63) is 63.8 Å². The second kappa shape index (κ2) is 6.93. The lowest BCUT2D eigenvalue weighted by atomic mass is 10.1. The first kappa shape index (κ1) is 15.0. The molecule has 0 spiro atoms. The summed E-state index contributed by atoms with van der Waals surface area (Å²) in [7, 11) is 0. The Labute approximate surface area is 144 Å². The minimum Gasteiger partial charge on any atom is -0.371 e. The number of aromatic nitrogens is 1. The molecule has 0 bridgehead atoms. The average molecular weight is 342 g/mol. The molecule has 3 aromatic rings. The van der Waals surface area contributed by atoms with Gasteiger partial charge < -0.3 is 4.74 Å². The van der Waals surface area contributed by atoms with Crippen LogP contribution in [-0.4, -0.2) is 29.6 Å². The van der Waals surface area contributed by atoms with Crippen LogP contribution in [0.5, 0.6) is 0 Å². The second-order valence-electron chi connectivity index (χ2n) is 5.66. The molecule has 1 aliphatic heterocycles. The van der Waals surface area contributed by atoms with Gasteiger partial charge in [-0.25, -0.2) is 4.98 Å². The smallest absolute Gasteiger partial charge is 0.124 e. The number of hydrogen-bond donors (Lipinski definition) is 0. The molecule has 3 nitrogen and oxygen atoms in total. The van der Waals surface area contributed by atoms with Crippen molar-refractivity contribution in [1.82, 2.24) is 9.88 Å². The van der Waals surface area contributed by atoms with Crippen molar-refractivity contribution in [2.24, 2.45) is 0 Å². The molecule has 0 N–H and O–H groups in total. The van der Waals surface area contributed by atoms with E-state index in [0.29, 0.717) is 0 Å². The molecule has 0 aliphatic carbocycles. The summed E-state index contributed by atoms with van der Waals surface area (Å²) in [6.07, 6.45) is 0.167. The van der Waals surface area contributed by atoms with E-state index in [1.165, 1.54) is 11.1 Å². The molecular weight excluding hydrogens is 324 g/mol. The maximum atomic E-state index is 5.94. The highest BCUT2D eigenvalue weighted by atomic mass is 32.1. The lowest BCUT2D eigenvalue weighted by molar-refractivity contribution is -0.0332. The van der Waals surface area contributed by atoms with Gasteiger partial charge in [0.1, 0.15) is 5.01 Å². The Morgan fingerprint density at radius 1 is 1.17 bits per heavy atom. The van der Waals surface area contributed by atoms with Gasteiger partial charge in [0, 0.05) is 36.0 Å². The van der Waals surface area contributed by atoms with Crippen molar-refractivity contribution in [2.75, 3.05) is 19.7 Å². The zero-order valence-corrected chi connectivity index (χ0v) is 14.4. The molecular formula is C18H18N2OS2. The maximum Gasteiger partial charge on any atom is 0.124 e. The number of ether oxygens (including phenoxy) is 1. The van der Waals surface area contributed by atoms with Crippen molar-refractivity contribution in [1.29, 1.82) is 0 Å². The lowest BCUT2D eigenvalue weighted by Gasteiger charge is -2.32. The van der Waals surface area contributed by atoms with Crippen molar-refractivity contribution in [2.45, 2.75) is 12.6 Å². The highest BCUT2D eigenvalue weighted by Gasteiger charge is 2.22. The Morgan fingerprint density at radius 2 is 2.09 bits per heavy atom. The van der Waals surface area contributed by atoms with Gasteiger partial charge >= 0.3 is 0 Å². The largest absolute Gasteiger partial charge is 0.371 e. The summed E-state index contributed by atoms with van der Waals surface area (Å²) in [4.78, 5) is 7.23. The molecule has 0 amide bonds. The zero-order chi connectivity index (χ0) is 15.5. The van der Waals surface area contributed by atoms with Crippen LogP contribution < -0.4 is 0 Å². The summed E-state index contributed by atoms with van der Waals surface area (Å²) in [5.74, 6) is 0. The van der Waals surface area contributed by atoms with Gasteiger partial charge in [0.05, 0.1) is 18.4 Å². The summed E-state index contributed by atoms with van der Waals surface area (Å²) in [5.41, 5.74) is 3.65. The maximum absolute atomic E-state index is 5.94. The number of hydrogen-bond acceptors (Lipinski definition) is 5. The van der Waals surface area contributed by atoms with E-state index in [2.05, 4.69) is 51.4 Å². The molecule has 1 aliphatic rings. The normalized spacial score (nSPS) is 19.0. The van der Waals surface area contributed by atoms with Gasteiger partial charge in [0.15, 0.2) is 0 Å². The molecule has 1 atom stereocenters. The predicted molar refractivity (Wildman–Crippen MR) is 95.8 cm³/mol. The monoisotopic (exact) mass is 342 g/mol. The number of thiophene rings is 1.